The SMILES string of the molecule is Cc1[nH]nc2ccc(C(=O)N3CCC[C@H]3C)nc12. The molecule has 3 heterocycles. The van der Waals surface area contributed by atoms with Crippen molar-refractivity contribution in [1.29, 1.82) is 0 Å². The van der Waals surface area contributed by atoms with Crippen LogP contribution < -0.4 is 0 Å². The normalized spacial score (nSPS) is 19.7. The molecule has 2 aromatic rings. The molecule has 1 aliphatic heterocycles. The molecule has 0 radical (unpaired) electrons. The molecule has 1 fully saturated rings. The highest BCUT2D eigenvalue weighted by Gasteiger charge is 2.27. The summed E-state index contributed by atoms with van der Waals surface area (Å²) in [6, 6.07) is 3.93. The molecule has 0 saturated carbocycles. The van der Waals surface area contributed by atoms with Crippen LogP contribution in [-0.2, 0) is 0 Å². The van der Waals surface area contributed by atoms with Gasteiger partial charge in [0, 0.05) is 12.6 Å². The molecule has 1 saturated heterocycles. The lowest BCUT2D eigenvalue weighted by molar-refractivity contribution is 0.0742. The summed E-state index contributed by atoms with van der Waals surface area (Å²) in [7, 11) is 0. The number of nitrogens with one attached hydrogen (secondary N) is 1. The summed E-state index contributed by atoms with van der Waals surface area (Å²) in [4.78, 5) is 18.7. The van der Waals surface area contributed by atoms with E-state index < -0.39 is 0 Å². The maximum absolute atomic E-state index is 12.4. The summed E-state index contributed by atoms with van der Waals surface area (Å²) in [5, 5.41) is 7.00. The zero-order valence-electron chi connectivity index (χ0n) is 10.6. The molecule has 1 aliphatic rings. The van der Waals surface area contributed by atoms with E-state index in [1.807, 2.05) is 17.9 Å². The first-order valence-corrected chi connectivity index (χ1v) is 6.29. The van der Waals surface area contributed by atoms with Crippen molar-refractivity contribution < 1.29 is 4.79 Å². The number of likely N-dealkylation sites (tertiary alicyclic amines) is 1. The molecule has 5 heteroatoms. The van der Waals surface area contributed by atoms with Gasteiger partial charge in [0.1, 0.15) is 16.7 Å². The number of hydrogen-bond donors (Lipinski definition) is 1. The van der Waals surface area contributed by atoms with Crippen LogP contribution in [0.25, 0.3) is 11.0 Å². The Kier molecular flexibility index (Phi) is 2.54. The van der Waals surface area contributed by atoms with Gasteiger partial charge in [-0.2, -0.15) is 5.10 Å². The van der Waals surface area contributed by atoms with Gasteiger partial charge >= 0.3 is 0 Å². The molecular weight excluding hydrogens is 228 g/mol. The Morgan fingerprint density at radius 3 is 3.06 bits per heavy atom. The molecule has 0 aliphatic carbocycles. The van der Waals surface area contributed by atoms with Crippen molar-refractivity contribution in [3.8, 4) is 0 Å². The van der Waals surface area contributed by atoms with E-state index in [0.29, 0.717) is 11.7 Å². The molecule has 1 N–H and O–H groups in total. The third kappa shape index (κ3) is 1.66. The first-order valence-electron chi connectivity index (χ1n) is 6.29. The van der Waals surface area contributed by atoms with Gasteiger partial charge in [0.05, 0.1) is 5.69 Å². The van der Waals surface area contributed by atoms with E-state index in [0.717, 1.165) is 36.1 Å². The number of aromatic amines is 1. The van der Waals surface area contributed by atoms with Gasteiger partial charge in [-0.25, -0.2) is 4.98 Å². The van der Waals surface area contributed by atoms with Crippen molar-refractivity contribution in [3.05, 3.63) is 23.5 Å². The predicted molar refractivity (Wildman–Crippen MR) is 68.4 cm³/mol. The van der Waals surface area contributed by atoms with Crippen molar-refractivity contribution in [3.63, 3.8) is 0 Å². The predicted octanol–water partition coefficient (Wildman–Crippen LogP) is 1.89. The van der Waals surface area contributed by atoms with E-state index in [2.05, 4.69) is 22.1 Å². The van der Waals surface area contributed by atoms with Crippen LogP contribution >= 0.6 is 0 Å². The van der Waals surface area contributed by atoms with Crippen LogP contribution in [0.2, 0.25) is 0 Å². The number of aryl methyl sites for hydroxylation is 1. The number of hydrogen-bond acceptors (Lipinski definition) is 3. The lowest BCUT2D eigenvalue weighted by Crippen LogP contribution is -2.34. The van der Waals surface area contributed by atoms with Gasteiger partial charge in [-0.1, -0.05) is 0 Å². The van der Waals surface area contributed by atoms with Crippen LogP contribution in [0.15, 0.2) is 12.1 Å². The highest BCUT2D eigenvalue weighted by molar-refractivity contribution is 5.95. The van der Waals surface area contributed by atoms with Crippen LogP contribution in [-0.4, -0.2) is 38.6 Å². The van der Waals surface area contributed by atoms with Crippen LogP contribution in [0.3, 0.4) is 0 Å². The fraction of sp³-hybridized carbons (Fsp3) is 0.462. The number of aromatic nitrogens is 3. The van der Waals surface area contributed by atoms with E-state index in [-0.39, 0.29) is 5.91 Å². The number of rotatable bonds is 1. The maximum Gasteiger partial charge on any atom is 0.272 e. The molecule has 1 amide bonds. The quantitative estimate of drug-likeness (QED) is 0.833. The number of carbonyl (C=O) groups excluding carboxylic acids is 1. The number of nitrogens with zero attached hydrogens (tertiary/aromatic N) is 3. The van der Waals surface area contributed by atoms with Gasteiger partial charge in [-0.15, -0.1) is 0 Å². The van der Waals surface area contributed by atoms with Gasteiger partial charge in [0.15, 0.2) is 0 Å². The van der Waals surface area contributed by atoms with E-state index in [9.17, 15) is 4.79 Å². The van der Waals surface area contributed by atoms with Crippen LogP contribution in [0, 0.1) is 6.92 Å². The third-order valence-electron chi connectivity index (χ3n) is 3.61. The zero-order chi connectivity index (χ0) is 12.7. The van der Waals surface area contributed by atoms with Gasteiger partial charge in [-0.3, -0.25) is 9.89 Å². The van der Waals surface area contributed by atoms with E-state index in [1.54, 1.807) is 6.07 Å². The summed E-state index contributed by atoms with van der Waals surface area (Å²) < 4.78 is 0. The monoisotopic (exact) mass is 244 g/mol. The Morgan fingerprint density at radius 1 is 1.50 bits per heavy atom. The molecule has 0 aromatic carbocycles. The second-order valence-electron chi connectivity index (χ2n) is 4.90. The first-order chi connectivity index (χ1) is 8.66. The second-order valence-corrected chi connectivity index (χ2v) is 4.90. The Balaban J connectivity index is 1.98. The van der Waals surface area contributed by atoms with Gasteiger partial charge in [0.25, 0.3) is 5.91 Å². The molecular formula is C13H16N4O. The summed E-state index contributed by atoms with van der Waals surface area (Å²) in [5.41, 5.74) is 3.00. The van der Waals surface area contributed by atoms with Crippen LogP contribution in [0.1, 0.15) is 35.9 Å². The molecule has 94 valence electrons. The average molecular weight is 244 g/mol. The third-order valence-corrected chi connectivity index (χ3v) is 3.61. The topological polar surface area (TPSA) is 61.9 Å². The lowest BCUT2D eigenvalue weighted by atomic mass is 10.2. The Labute approximate surface area is 105 Å². The smallest absolute Gasteiger partial charge is 0.272 e. The zero-order valence-corrected chi connectivity index (χ0v) is 10.6. The van der Waals surface area contributed by atoms with Gasteiger partial charge in [-0.05, 0) is 38.8 Å². The van der Waals surface area contributed by atoms with E-state index in [4.69, 9.17) is 0 Å². The summed E-state index contributed by atoms with van der Waals surface area (Å²) >= 11 is 0. The molecule has 5 nitrogen and oxygen atoms in total. The number of H-pyrrole nitrogens is 1. The molecule has 18 heavy (non-hydrogen) atoms. The van der Waals surface area contributed by atoms with Crippen LogP contribution in [0.5, 0.6) is 0 Å². The Hall–Kier alpha value is -1.91. The van der Waals surface area contributed by atoms with Crippen molar-refractivity contribution in [1.82, 2.24) is 20.1 Å². The van der Waals surface area contributed by atoms with E-state index >= 15 is 0 Å². The van der Waals surface area contributed by atoms with Gasteiger partial charge in [0.2, 0.25) is 0 Å². The second kappa shape index (κ2) is 4.08. The highest BCUT2D eigenvalue weighted by Crippen LogP contribution is 2.20. The fourth-order valence-electron chi connectivity index (χ4n) is 2.52. The van der Waals surface area contributed by atoms with Gasteiger partial charge < -0.3 is 4.90 Å². The molecule has 1 atom stereocenters. The minimum absolute atomic E-state index is 0.0301. The molecule has 0 spiro atoms. The minimum Gasteiger partial charge on any atom is -0.335 e. The highest BCUT2D eigenvalue weighted by atomic mass is 16.2. The van der Waals surface area contributed by atoms with Crippen molar-refractivity contribution >= 4 is 16.9 Å². The number of pyridine rings is 1. The molecule has 2 aromatic heterocycles. The number of fused-ring (bicyclic) bond motifs is 1. The standard InChI is InChI=1S/C13H16N4O/c1-8-4-3-7-17(8)13(18)11-6-5-10-12(14-11)9(2)15-16-10/h5-6,8H,3-4,7H2,1-2H3,(H,15,16)/t8-/m1/s1. The molecule has 0 bridgehead atoms. The molecule has 3 rings (SSSR count). The number of amides is 1. The summed E-state index contributed by atoms with van der Waals surface area (Å²) in [6.07, 6.45) is 2.17. The first kappa shape index (κ1) is 11.2. The number of carbonyl (C=O) groups is 1. The summed E-state index contributed by atoms with van der Waals surface area (Å²) in [5.74, 6) is 0.0301. The average Bonchev–Trinajstić information content (AvgIpc) is 2.95. The summed E-state index contributed by atoms with van der Waals surface area (Å²) in [6.45, 7) is 4.84. The maximum atomic E-state index is 12.4. The van der Waals surface area contributed by atoms with Crippen molar-refractivity contribution in [2.45, 2.75) is 32.7 Å². The molecule has 0 unspecified atom stereocenters. The Morgan fingerprint density at radius 2 is 2.33 bits per heavy atom. The van der Waals surface area contributed by atoms with Crippen LogP contribution in [0.4, 0.5) is 0 Å². The van der Waals surface area contributed by atoms with E-state index in [1.165, 1.54) is 0 Å². The minimum atomic E-state index is 0.0301. The van der Waals surface area contributed by atoms with Crippen molar-refractivity contribution in [2.24, 2.45) is 0 Å². The fourth-order valence-corrected chi connectivity index (χ4v) is 2.52. The largest absolute Gasteiger partial charge is 0.335 e. The lowest BCUT2D eigenvalue weighted by Gasteiger charge is -2.20. The van der Waals surface area contributed by atoms with Crippen molar-refractivity contribution in [2.75, 3.05) is 6.54 Å². The Bertz CT molecular complexity index is 604.